The van der Waals surface area contributed by atoms with Gasteiger partial charge < -0.3 is 15.2 Å². The number of hydrogen-bond donors (Lipinski definition) is 2. The summed E-state index contributed by atoms with van der Waals surface area (Å²) in [7, 11) is 1.64. The molecule has 0 aliphatic rings. The third-order valence-corrected chi connectivity index (χ3v) is 7.72. The van der Waals surface area contributed by atoms with Crippen LogP contribution in [0.5, 0.6) is 11.5 Å². The highest BCUT2D eigenvalue weighted by Crippen LogP contribution is 2.26. The molecule has 41 heavy (non-hydrogen) atoms. The zero-order valence-corrected chi connectivity index (χ0v) is 23.6. The second-order valence-corrected chi connectivity index (χ2v) is 10.6. The number of ether oxygens (including phenoxy) is 1. The molecule has 1 amide bonds. The number of aryl methyl sites for hydroxylation is 1. The molecule has 1 atom stereocenters. The summed E-state index contributed by atoms with van der Waals surface area (Å²) < 4.78 is 7.45. The summed E-state index contributed by atoms with van der Waals surface area (Å²) in [5.74, 6) is 1.87. The van der Waals surface area contributed by atoms with Gasteiger partial charge in [-0.15, -0.1) is 10.2 Å². The third-order valence-electron chi connectivity index (χ3n) is 6.79. The molecule has 0 aliphatic heterocycles. The number of amides is 1. The van der Waals surface area contributed by atoms with Crippen LogP contribution in [0.2, 0.25) is 0 Å². The first-order valence-electron chi connectivity index (χ1n) is 13.5. The number of benzene rings is 4. The Morgan fingerprint density at radius 1 is 0.902 bits per heavy atom. The number of hydrogen-bond acceptors (Lipinski definition) is 6. The fourth-order valence-electron chi connectivity index (χ4n) is 4.63. The molecule has 0 aliphatic carbocycles. The summed E-state index contributed by atoms with van der Waals surface area (Å²) in [5.41, 5.74) is 4.01. The maximum Gasteiger partial charge on any atom is 0.228 e. The van der Waals surface area contributed by atoms with Crippen molar-refractivity contribution in [3.63, 3.8) is 0 Å². The molecule has 1 unspecified atom stereocenters. The average Bonchev–Trinajstić information content (AvgIpc) is 3.43. The zero-order chi connectivity index (χ0) is 28.4. The second-order valence-electron chi connectivity index (χ2n) is 9.57. The van der Waals surface area contributed by atoms with Crippen LogP contribution >= 0.6 is 11.8 Å². The number of nitrogens with one attached hydrogen (secondary N) is 1. The van der Waals surface area contributed by atoms with Gasteiger partial charge >= 0.3 is 0 Å². The van der Waals surface area contributed by atoms with E-state index in [1.54, 1.807) is 31.0 Å². The second kappa shape index (κ2) is 13.7. The van der Waals surface area contributed by atoms with Gasteiger partial charge in [-0.05, 0) is 53.8 Å². The van der Waals surface area contributed by atoms with Gasteiger partial charge in [0.2, 0.25) is 5.91 Å². The number of carbonyl (C=O) groups is 1. The fraction of sp³-hybridized carbons (Fsp3) is 0.182. The first-order chi connectivity index (χ1) is 20.1. The molecular weight excluding hydrogens is 532 g/mol. The number of rotatable bonds is 12. The molecular formula is C33H32N4O3S. The summed E-state index contributed by atoms with van der Waals surface area (Å²) >= 11 is 1.63. The Bertz CT molecular complexity index is 1560. The monoisotopic (exact) mass is 564 g/mol. The normalized spacial score (nSPS) is 11.6. The predicted octanol–water partition coefficient (Wildman–Crippen LogP) is 5.96. The summed E-state index contributed by atoms with van der Waals surface area (Å²) in [5, 5.41) is 22.5. The lowest BCUT2D eigenvalue weighted by atomic mass is 9.91. The molecule has 1 heterocycles. The molecule has 2 N–H and O–H groups in total. The fourth-order valence-corrected chi connectivity index (χ4v) is 5.59. The van der Waals surface area contributed by atoms with E-state index < -0.39 is 5.92 Å². The van der Waals surface area contributed by atoms with Crippen LogP contribution in [-0.4, -0.2) is 38.6 Å². The van der Waals surface area contributed by atoms with Gasteiger partial charge in [0.25, 0.3) is 0 Å². The molecule has 0 bridgehead atoms. The molecule has 1 aromatic heterocycles. The van der Waals surface area contributed by atoms with Crippen LogP contribution in [0.4, 0.5) is 0 Å². The molecule has 5 aromatic rings. The molecule has 5 rings (SSSR count). The molecule has 0 fully saturated rings. The van der Waals surface area contributed by atoms with Gasteiger partial charge in [-0.3, -0.25) is 9.36 Å². The number of thioether (sulfide) groups is 1. The Morgan fingerprint density at radius 2 is 1.63 bits per heavy atom. The Balaban J connectivity index is 1.36. The van der Waals surface area contributed by atoms with E-state index >= 15 is 0 Å². The van der Waals surface area contributed by atoms with E-state index in [9.17, 15) is 9.90 Å². The standard InChI is InChI=1S/C33H32N4O3S/c1-40-29-14-8-13-27(22-29)37-31(35-36-33(37)41-20-19-24-9-4-2-5-10-24)23-34-32(39)30(26-11-6-3-7-12-26)21-25-15-17-28(38)18-16-25/h2-18,22,30,38H,19-21,23H2,1H3,(H,34,39). The number of aromatic hydroxyl groups is 1. The van der Waals surface area contributed by atoms with E-state index in [1.807, 2.05) is 89.5 Å². The summed E-state index contributed by atoms with van der Waals surface area (Å²) in [6, 6.07) is 34.8. The summed E-state index contributed by atoms with van der Waals surface area (Å²) in [6.07, 6.45) is 1.40. The van der Waals surface area contributed by atoms with Gasteiger partial charge in [-0.2, -0.15) is 0 Å². The van der Waals surface area contributed by atoms with Crippen molar-refractivity contribution in [1.82, 2.24) is 20.1 Å². The minimum Gasteiger partial charge on any atom is -0.508 e. The van der Waals surface area contributed by atoms with Crippen molar-refractivity contribution in [2.75, 3.05) is 12.9 Å². The average molecular weight is 565 g/mol. The first-order valence-corrected chi connectivity index (χ1v) is 14.5. The van der Waals surface area contributed by atoms with Crippen LogP contribution < -0.4 is 10.1 Å². The van der Waals surface area contributed by atoms with Crippen molar-refractivity contribution in [3.8, 4) is 17.2 Å². The van der Waals surface area contributed by atoms with E-state index in [0.717, 1.165) is 39.9 Å². The lowest BCUT2D eigenvalue weighted by molar-refractivity contribution is -0.122. The molecule has 0 saturated heterocycles. The molecule has 208 valence electrons. The highest BCUT2D eigenvalue weighted by molar-refractivity contribution is 7.99. The number of carbonyl (C=O) groups excluding carboxylic acids is 1. The number of methoxy groups -OCH3 is 1. The number of nitrogens with zero attached hydrogens (tertiary/aromatic N) is 3. The Kier molecular flexibility index (Phi) is 9.34. The lowest BCUT2D eigenvalue weighted by Crippen LogP contribution is -2.31. The number of phenolic OH excluding ortho intramolecular Hbond substituents is 1. The Hall–Kier alpha value is -4.56. The van der Waals surface area contributed by atoms with E-state index in [1.165, 1.54) is 5.56 Å². The van der Waals surface area contributed by atoms with E-state index in [2.05, 4.69) is 27.6 Å². The smallest absolute Gasteiger partial charge is 0.228 e. The van der Waals surface area contributed by atoms with Crippen molar-refractivity contribution < 1.29 is 14.6 Å². The minimum atomic E-state index is -0.409. The maximum absolute atomic E-state index is 13.6. The van der Waals surface area contributed by atoms with Crippen LogP contribution in [0, 0.1) is 0 Å². The summed E-state index contributed by atoms with van der Waals surface area (Å²) in [4.78, 5) is 13.6. The van der Waals surface area contributed by atoms with Crippen molar-refractivity contribution in [3.05, 3.63) is 132 Å². The molecule has 0 saturated carbocycles. The van der Waals surface area contributed by atoms with Gasteiger partial charge in [0.15, 0.2) is 11.0 Å². The molecule has 4 aromatic carbocycles. The van der Waals surface area contributed by atoms with Crippen LogP contribution in [-0.2, 0) is 24.2 Å². The molecule has 8 heteroatoms. The van der Waals surface area contributed by atoms with Gasteiger partial charge in [0, 0.05) is 11.8 Å². The lowest BCUT2D eigenvalue weighted by Gasteiger charge is -2.18. The molecule has 0 radical (unpaired) electrons. The van der Waals surface area contributed by atoms with Gasteiger partial charge in [0.05, 0.1) is 25.3 Å². The Labute approximate surface area is 244 Å². The SMILES string of the molecule is COc1cccc(-n2c(CNC(=O)C(Cc3ccc(O)cc3)c3ccccc3)nnc2SCCc2ccccc2)c1. The van der Waals surface area contributed by atoms with E-state index in [4.69, 9.17) is 4.74 Å². The van der Waals surface area contributed by atoms with Crippen molar-refractivity contribution in [2.45, 2.75) is 30.5 Å². The molecule has 7 nitrogen and oxygen atoms in total. The van der Waals surface area contributed by atoms with E-state index in [0.29, 0.717) is 12.2 Å². The predicted molar refractivity (Wildman–Crippen MR) is 162 cm³/mol. The first kappa shape index (κ1) is 28.0. The van der Waals surface area contributed by atoms with Crippen LogP contribution in [0.25, 0.3) is 5.69 Å². The minimum absolute atomic E-state index is 0.109. The topological polar surface area (TPSA) is 89.3 Å². The highest BCUT2D eigenvalue weighted by atomic mass is 32.2. The van der Waals surface area contributed by atoms with Crippen LogP contribution in [0.15, 0.2) is 114 Å². The molecule has 0 spiro atoms. The van der Waals surface area contributed by atoms with Crippen LogP contribution in [0.1, 0.15) is 28.4 Å². The van der Waals surface area contributed by atoms with Crippen molar-refractivity contribution >= 4 is 17.7 Å². The quantitative estimate of drug-likeness (QED) is 0.182. The zero-order valence-electron chi connectivity index (χ0n) is 22.8. The van der Waals surface area contributed by atoms with Crippen LogP contribution in [0.3, 0.4) is 0 Å². The van der Waals surface area contributed by atoms with Crippen molar-refractivity contribution in [1.29, 1.82) is 0 Å². The Morgan fingerprint density at radius 3 is 2.37 bits per heavy atom. The summed E-state index contributed by atoms with van der Waals surface area (Å²) in [6.45, 7) is 0.210. The number of phenols is 1. The maximum atomic E-state index is 13.6. The van der Waals surface area contributed by atoms with Gasteiger partial charge in [-0.25, -0.2) is 0 Å². The van der Waals surface area contributed by atoms with E-state index in [-0.39, 0.29) is 18.2 Å². The van der Waals surface area contributed by atoms with Crippen molar-refractivity contribution in [2.24, 2.45) is 0 Å². The third kappa shape index (κ3) is 7.35. The number of aromatic nitrogens is 3. The van der Waals surface area contributed by atoms with Gasteiger partial charge in [0.1, 0.15) is 11.5 Å². The highest BCUT2D eigenvalue weighted by Gasteiger charge is 2.23. The largest absolute Gasteiger partial charge is 0.508 e. The van der Waals surface area contributed by atoms with Gasteiger partial charge in [-0.1, -0.05) is 90.6 Å².